The molecule has 2 N–H and O–H groups in total. The van der Waals surface area contributed by atoms with E-state index in [9.17, 15) is 9.90 Å². The van der Waals surface area contributed by atoms with Crippen LogP contribution in [0.3, 0.4) is 0 Å². The van der Waals surface area contributed by atoms with Gasteiger partial charge in [-0.2, -0.15) is 0 Å². The van der Waals surface area contributed by atoms with Crippen LogP contribution in [0, 0.1) is 19.8 Å². The number of carbonyl (C=O) groups excluding carboxylic acids is 1. The predicted molar refractivity (Wildman–Crippen MR) is 93.4 cm³/mol. The maximum atomic E-state index is 12.8. The first-order chi connectivity index (χ1) is 12.0. The minimum absolute atomic E-state index is 0.160. The van der Waals surface area contributed by atoms with E-state index in [0.29, 0.717) is 30.0 Å². The van der Waals surface area contributed by atoms with Gasteiger partial charge in [0.05, 0.1) is 30.5 Å². The summed E-state index contributed by atoms with van der Waals surface area (Å²) < 4.78 is 5.10. The quantitative estimate of drug-likeness (QED) is 0.872. The highest BCUT2D eigenvalue weighted by Gasteiger charge is 2.36. The Bertz CT molecular complexity index is 755. The van der Waals surface area contributed by atoms with Crippen LogP contribution in [0.15, 0.2) is 30.5 Å². The van der Waals surface area contributed by atoms with E-state index in [2.05, 4.69) is 15.3 Å². The molecule has 0 aliphatic heterocycles. The van der Waals surface area contributed by atoms with E-state index < -0.39 is 0 Å². The molecule has 2 aromatic heterocycles. The van der Waals surface area contributed by atoms with Crippen molar-refractivity contribution < 1.29 is 14.6 Å². The fourth-order valence-electron chi connectivity index (χ4n) is 3.22. The molecule has 1 saturated carbocycles. The summed E-state index contributed by atoms with van der Waals surface area (Å²) >= 11 is 0. The number of hydrogen-bond donors (Lipinski definition) is 2. The number of aryl methyl sites for hydroxylation is 2. The van der Waals surface area contributed by atoms with E-state index >= 15 is 0 Å². The van der Waals surface area contributed by atoms with E-state index in [4.69, 9.17) is 4.74 Å². The maximum Gasteiger partial charge on any atom is 0.253 e. The molecule has 0 aromatic carbocycles. The number of ether oxygens (including phenoxy) is 1. The Labute approximate surface area is 147 Å². The number of aromatic nitrogens is 2. The zero-order chi connectivity index (χ0) is 18.0. The van der Waals surface area contributed by atoms with Gasteiger partial charge in [-0.1, -0.05) is 6.07 Å². The van der Waals surface area contributed by atoms with E-state index in [0.717, 1.165) is 11.3 Å². The molecule has 1 amide bonds. The van der Waals surface area contributed by atoms with Gasteiger partial charge in [-0.15, -0.1) is 0 Å². The van der Waals surface area contributed by atoms with Crippen LogP contribution in [0.5, 0.6) is 5.88 Å². The Hall–Kier alpha value is -2.47. The molecule has 132 valence electrons. The summed E-state index contributed by atoms with van der Waals surface area (Å²) in [5.74, 6) is 0.557. The van der Waals surface area contributed by atoms with E-state index in [1.807, 2.05) is 26.0 Å². The molecule has 6 nitrogen and oxygen atoms in total. The molecule has 2 aromatic rings. The first kappa shape index (κ1) is 17.4. The molecule has 1 aliphatic rings. The predicted octanol–water partition coefficient (Wildman–Crippen LogP) is 2.34. The summed E-state index contributed by atoms with van der Waals surface area (Å²) in [6.45, 7) is 3.73. The summed E-state index contributed by atoms with van der Waals surface area (Å²) in [4.78, 5) is 21.3. The van der Waals surface area contributed by atoms with Crippen molar-refractivity contribution >= 4 is 5.91 Å². The monoisotopic (exact) mass is 341 g/mol. The average molecular weight is 341 g/mol. The second-order valence-corrected chi connectivity index (χ2v) is 6.56. The number of aliphatic hydroxyl groups is 1. The largest absolute Gasteiger partial charge is 0.481 e. The first-order valence-electron chi connectivity index (χ1n) is 8.41. The summed E-state index contributed by atoms with van der Waals surface area (Å²) in [7, 11) is 1.57. The minimum Gasteiger partial charge on any atom is -0.481 e. The number of rotatable bonds is 5. The fraction of sp³-hybridized carbons (Fsp3) is 0.421. The van der Waals surface area contributed by atoms with Crippen LogP contribution in [-0.4, -0.2) is 34.2 Å². The van der Waals surface area contributed by atoms with Crippen molar-refractivity contribution in [3.8, 4) is 5.88 Å². The zero-order valence-electron chi connectivity index (χ0n) is 14.7. The number of hydrogen-bond acceptors (Lipinski definition) is 5. The molecule has 0 saturated heterocycles. The van der Waals surface area contributed by atoms with Gasteiger partial charge < -0.3 is 15.2 Å². The molecule has 3 rings (SSSR count). The van der Waals surface area contributed by atoms with Gasteiger partial charge >= 0.3 is 0 Å². The summed E-state index contributed by atoms with van der Waals surface area (Å²) in [6.07, 6.45) is 2.76. The van der Waals surface area contributed by atoms with Crippen molar-refractivity contribution in [2.24, 2.45) is 5.92 Å². The third-order valence-corrected chi connectivity index (χ3v) is 4.70. The van der Waals surface area contributed by atoms with Gasteiger partial charge in [0, 0.05) is 18.0 Å². The lowest BCUT2D eigenvalue weighted by molar-refractivity contribution is 0.0234. The molecule has 0 bridgehead atoms. The van der Waals surface area contributed by atoms with Gasteiger partial charge in [0.1, 0.15) is 0 Å². The molecule has 1 fully saturated rings. The van der Waals surface area contributed by atoms with Gasteiger partial charge in [-0.05, 0) is 50.3 Å². The van der Waals surface area contributed by atoms with Crippen LogP contribution in [0.25, 0.3) is 0 Å². The minimum atomic E-state index is -0.293. The Morgan fingerprint density at radius 2 is 2.04 bits per heavy atom. The summed E-state index contributed by atoms with van der Waals surface area (Å²) in [5.41, 5.74) is 3.06. The highest BCUT2D eigenvalue weighted by atomic mass is 16.5. The summed E-state index contributed by atoms with van der Waals surface area (Å²) in [6, 6.07) is 7.12. The Morgan fingerprint density at radius 3 is 2.60 bits per heavy atom. The average Bonchev–Trinajstić information content (AvgIpc) is 2.57. The number of nitrogens with one attached hydrogen (secondary N) is 1. The van der Waals surface area contributed by atoms with Crippen molar-refractivity contribution in [2.45, 2.75) is 38.8 Å². The van der Waals surface area contributed by atoms with Gasteiger partial charge in [0.15, 0.2) is 0 Å². The van der Waals surface area contributed by atoms with Crippen molar-refractivity contribution in [3.05, 3.63) is 53.0 Å². The SMILES string of the molecule is COc1ccc(C(NC(=O)c2ccc(C)nc2C)C2CC(O)C2)cn1. The molecule has 1 unspecified atom stereocenters. The fourth-order valence-corrected chi connectivity index (χ4v) is 3.22. The van der Waals surface area contributed by atoms with Gasteiger partial charge in [0.2, 0.25) is 5.88 Å². The lowest BCUT2D eigenvalue weighted by Gasteiger charge is -2.38. The summed E-state index contributed by atoms with van der Waals surface area (Å²) in [5, 5.41) is 12.8. The number of carbonyl (C=O) groups is 1. The number of aliphatic hydroxyl groups excluding tert-OH is 1. The number of nitrogens with zero attached hydrogens (tertiary/aromatic N) is 2. The molecule has 1 aliphatic carbocycles. The number of methoxy groups -OCH3 is 1. The molecule has 25 heavy (non-hydrogen) atoms. The molecule has 0 radical (unpaired) electrons. The lowest BCUT2D eigenvalue weighted by atomic mass is 9.75. The molecule has 0 spiro atoms. The van der Waals surface area contributed by atoms with Crippen LogP contribution >= 0.6 is 0 Å². The Kier molecular flexibility index (Phi) is 4.99. The number of amides is 1. The van der Waals surface area contributed by atoms with Gasteiger partial charge in [-0.25, -0.2) is 4.98 Å². The molecular weight excluding hydrogens is 318 g/mol. The first-order valence-corrected chi connectivity index (χ1v) is 8.41. The Morgan fingerprint density at radius 1 is 1.28 bits per heavy atom. The third-order valence-electron chi connectivity index (χ3n) is 4.70. The third kappa shape index (κ3) is 3.79. The molecule has 1 atom stereocenters. The molecule has 6 heteroatoms. The topological polar surface area (TPSA) is 84.3 Å². The van der Waals surface area contributed by atoms with Crippen molar-refractivity contribution in [1.82, 2.24) is 15.3 Å². The number of pyridine rings is 2. The second kappa shape index (κ2) is 7.19. The van der Waals surface area contributed by atoms with E-state index in [1.165, 1.54) is 0 Å². The van der Waals surface area contributed by atoms with Crippen molar-refractivity contribution in [3.63, 3.8) is 0 Å². The molecule has 2 heterocycles. The van der Waals surface area contributed by atoms with Crippen molar-refractivity contribution in [1.29, 1.82) is 0 Å². The van der Waals surface area contributed by atoms with Crippen LogP contribution < -0.4 is 10.1 Å². The van der Waals surface area contributed by atoms with Gasteiger partial charge in [0.25, 0.3) is 5.91 Å². The lowest BCUT2D eigenvalue weighted by Crippen LogP contribution is -2.41. The zero-order valence-corrected chi connectivity index (χ0v) is 14.7. The van der Waals surface area contributed by atoms with Crippen molar-refractivity contribution in [2.75, 3.05) is 7.11 Å². The maximum absolute atomic E-state index is 12.8. The Balaban J connectivity index is 1.83. The van der Waals surface area contributed by atoms with Crippen LogP contribution in [0.2, 0.25) is 0 Å². The van der Waals surface area contributed by atoms with Gasteiger partial charge in [-0.3, -0.25) is 9.78 Å². The molecular formula is C19H23N3O3. The standard InChI is InChI=1S/C19H23N3O3/c1-11-4-6-16(12(2)21-11)19(24)22-18(14-8-15(23)9-14)13-5-7-17(25-3)20-10-13/h4-7,10,14-15,18,23H,8-9H2,1-3H3,(H,22,24). The van der Waals surface area contributed by atoms with Crippen LogP contribution in [0.4, 0.5) is 0 Å². The van der Waals surface area contributed by atoms with Crippen LogP contribution in [-0.2, 0) is 0 Å². The highest BCUT2D eigenvalue weighted by Crippen LogP contribution is 2.38. The normalized spacial score (nSPS) is 20.5. The smallest absolute Gasteiger partial charge is 0.253 e. The second-order valence-electron chi connectivity index (χ2n) is 6.56. The van der Waals surface area contributed by atoms with E-state index in [1.54, 1.807) is 25.4 Å². The highest BCUT2D eigenvalue weighted by molar-refractivity contribution is 5.95. The van der Waals surface area contributed by atoms with E-state index in [-0.39, 0.29) is 24.0 Å². The van der Waals surface area contributed by atoms with Crippen LogP contribution in [0.1, 0.15) is 46.2 Å².